The van der Waals surface area contributed by atoms with Crippen LogP contribution in [0.15, 0.2) is 59.6 Å². The van der Waals surface area contributed by atoms with Crippen molar-refractivity contribution in [2.45, 2.75) is 50.0 Å². The number of nitrogens with one attached hydrogen (secondary N) is 1. The molecule has 1 saturated carbocycles. The number of hydrogen-bond acceptors (Lipinski definition) is 4. The molecule has 2 aliphatic rings. The van der Waals surface area contributed by atoms with Gasteiger partial charge in [0.05, 0.1) is 7.11 Å². The van der Waals surface area contributed by atoms with Crippen molar-refractivity contribution in [3.63, 3.8) is 0 Å². The highest BCUT2D eigenvalue weighted by atomic mass is 19.4. The molecule has 33 heavy (non-hydrogen) atoms. The Balaban J connectivity index is 1.77. The van der Waals surface area contributed by atoms with Crippen molar-refractivity contribution in [1.82, 2.24) is 10.2 Å². The third-order valence-corrected chi connectivity index (χ3v) is 6.06. The van der Waals surface area contributed by atoms with Gasteiger partial charge < -0.3 is 10.1 Å². The number of amides is 2. The predicted octanol–water partition coefficient (Wildman–Crippen LogP) is 4.31. The Morgan fingerprint density at radius 3 is 2.27 bits per heavy atom. The summed E-state index contributed by atoms with van der Waals surface area (Å²) in [5.74, 6) is -1.95. The van der Waals surface area contributed by atoms with Crippen LogP contribution in [0.1, 0.15) is 48.0 Å². The Hall–Kier alpha value is -3.36. The van der Waals surface area contributed by atoms with Crippen molar-refractivity contribution in [2.75, 3.05) is 7.11 Å². The van der Waals surface area contributed by atoms with Gasteiger partial charge in [-0.2, -0.15) is 13.2 Å². The van der Waals surface area contributed by atoms with Gasteiger partial charge in [-0.1, -0.05) is 49.6 Å². The maximum Gasteiger partial charge on any atom is 0.442 e. The van der Waals surface area contributed by atoms with E-state index in [9.17, 15) is 22.8 Å². The molecule has 1 aliphatic heterocycles. The average Bonchev–Trinajstić information content (AvgIpc) is 3.13. The van der Waals surface area contributed by atoms with Crippen molar-refractivity contribution in [3.05, 3.63) is 65.7 Å². The minimum atomic E-state index is -5.14. The lowest BCUT2D eigenvalue weighted by molar-refractivity contribution is -0.197. The van der Waals surface area contributed by atoms with Gasteiger partial charge in [0, 0.05) is 17.2 Å². The molecule has 0 spiro atoms. The van der Waals surface area contributed by atoms with E-state index in [1.165, 1.54) is 31.4 Å². The minimum Gasteiger partial charge on any atom is -0.497 e. The summed E-state index contributed by atoms with van der Waals surface area (Å²) in [6, 6.07) is 13.5. The molecule has 0 radical (unpaired) electrons. The molecule has 6 nitrogen and oxygen atoms in total. The quantitative estimate of drug-likeness (QED) is 0.725. The van der Waals surface area contributed by atoms with Crippen LogP contribution in [-0.2, 0) is 4.79 Å². The number of aliphatic imine (C=N–C) groups is 1. The maximum atomic E-state index is 14.5. The summed E-state index contributed by atoms with van der Waals surface area (Å²) in [5, 5.41) is 1.92. The van der Waals surface area contributed by atoms with E-state index in [0.29, 0.717) is 24.2 Å². The zero-order chi connectivity index (χ0) is 23.6. The smallest absolute Gasteiger partial charge is 0.442 e. The first-order chi connectivity index (χ1) is 15.8. The van der Waals surface area contributed by atoms with E-state index in [0.717, 1.165) is 24.2 Å². The van der Waals surface area contributed by atoms with Crippen LogP contribution < -0.4 is 10.1 Å². The molecule has 0 saturated heterocycles. The zero-order valence-corrected chi connectivity index (χ0v) is 18.1. The summed E-state index contributed by atoms with van der Waals surface area (Å²) in [5.41, 5.74) is -3.05. The van der Waals surface area contributed by atoms with Crippen molar-refractivity contribution in [2.24, 2.45) is 4.99 Å². The van der Waals surface area contributed by atoms with Gasteiger partial charge in [-0.05, 0) is 37.1 Å². The molecule has 2 aromatic carbocycles. The highest BCUT2D eigenvalue weighted by Gasteiger charge is 2.67. The van der Waals surface area contributed by atoms with E-state index in [1.807, 2.05) is 5.32 Å². The molecule has 1 N–H and O–H groups in total. The topological polar surface area (TPSA) is 71.0 Å². The maximum absolute atomic E-state index is 14.5. The minimum absolute atomic E-state index is 0.0418. The largest absolute Gasteiger partial charge is 0.497 e. The number of ether oxygens (including phenoxy) is 1. The van der Waals surface area contributed by atoms with E-state index < -0.39 is 29.7 Å². The molecule has 174 valence electrons. The Labute approximate surface area is 189 Å². The lowest BCUT2D eigenvalue weighted by Gasteiger charge is -2.34. The summed E-state index contributed by atoms with van der Waals surface area (Å²) in [6.45, 7) is 0. The van der Waals surface area contributed by atoms with Crippen molar-refractivity contribution in [1.29, 1.82) is 0 Å². The molecule has 9 heteroatoms. The lowest BCUT2D eigenvalue weighted by atomic mass is 9.93. The molecule has 1 aliphatic carbocycles. The van der Waals surface area contributed by atoms with E-state index >= 15 is 0 Å². The monoisotopic (exact) mass is 459 g/mol. The van der Waals surface area contributed by atoms with Gasteiger partial charge in [-0.15, -0.1) is 0 Å². The van der Waals surface area contributed by atoms with Gasteiger partial charge in [-0.3, -0.25) is 14.5 Å². The predicted molar refractivity (Wildman–Crippen MR) is 116 cm³/mol. The van der Waals surface area contributed by atoms with Gasteiger partial charge in [-0.25, -0.2) is 4.99 Å². The van der Waals surface area contributed by atoms with E-state index in [1.54, 1.807) is 30.3 Å². The van der Waals surface area contributed by atoms with E-state index in [4.69, 9.17) is 4.74 Å². The molecule has 0 aromatic heterocycles. The third kappa shape index (κ3) is 4.19. The lowest BCUT2D eigenvalue weighted by Crippen LogP contribution is -2.64. The van der Waals surface area contributed by atoms with E-state index in [-0.39, 0.29) is 11.4 Å². The van der Waals surface area contributed by atoms with Gasteiger partial charge in [0.2, 0.25) is 0 Å². The normalized spacial score (nSPS) is 21.6. The van der Waals surface area contributed by atoms with Gasteiger partial charge in [0.1, 0.15) is 11.6 Å². The first-order valence-electron chi connectivity index (χ1n) is 10.8. The van der Waals surface area contributed by atoms with Crippen molar-refractivity contribution >= 4 is 17.6 Å². The second-order valence-corrected chi connectivity index (χ2v) is 8.16. The van der Waals surface area contributed by atoms with Crippen LogP contribution in [0, 0.1) is 0 Å². The summed E-state index contributed by atoms with van der Waals surface area (Å²) < 4.78 is 48.5. The second-order valence-electron chi connectivity index (χ2n) is 8.16. The summed E-state index contributed by atoms with van der Waals surface area (Å²) >= 11 is 0. The number of methoxy groups -OCH3 is 1. The van der Waals surface area contributed by atoms with Crippen LogP contribution in [0.5, 0.6) is 5.75 Å². The van der Waals surface area contributed by atoms with Crippen LogP contribution in [0.3, 0.4) is 0 Å². The number of benzene rings is 2. The number of carbonyl (C=O) groups is 2. The fourth-order valence-electron chi connectivity index (χ4n) is 4.32. The number of rotatable bonds is 5. The number of hydrogen-bond donors (Lipinski definition) is 1. The Bertz CT molecular complexity index is 1050. The van der Waals surface area contributed by atoms with Gasteiger partial charge in [0.15, 0.2) is 0 Å². The number of carbonyl (C=O) groups excluding carboxylic acids is 2. The molecule has 1 atom stereocenters. The molecular weight excluding hydrogens is 435 g/mol. The number of alkyl halides is 3. The molecule has 1 unspecified atom stereocenters. The van der Waals surface area contributed by atoms with Crippen LogP contribution in [0.25, 0.3) is 0 Å². The van der Waals surface area contributed by atoms with Crippen LogP contribution in [-0.4, -0.2) is 47.5 Å². The van der Waals surface area contributed by atoms with Crippen molar-refractivity contribution in [3.8, 4) is 5.75 Å². The summed E-state index contributed by atoms with van der Waals surface area (Å²) in [7, 11) is 1.44. The first-order valence-corrected chi connectivity index (χ1v) is 10.8. The molecule has 1 heterocycles. The third-order valence-electron chi connectivity index (χ3n) is 6.06. The number of amidine groups is 1. The van der Waals surface area contributed by atoms with Crippen LogP contribution in [0.2, 0.25) is 0 Å². The van der Waals surface area contributed by atoms with Gasteiger partial charge in [0.25, 0.3) is 11.8 Å². The highest BCUT2D eigenvalue weighted by Crippen LogP contribution is 2.41. The van der Waals surface area contributed by atoms with Crippen LogP contribution >= 0.6 is 0 Å². The van der Waals surface area contributed by atoms with E-state index in [2.05, 4.69) is 4.99 Å². The fourth-order valence-corrected chi connectivity index (χ4v) is 4.32. The number of nitrogens with zero attached hydrogens (tertiary/aromatic N) is 2. The SMILES string of the molecule is COc1ccc(C(=O)NC2(C(F)(F)F)N=C(c3ccccc3)N(C3CCCCC3)C2=O)cc1. The Kier molecular flexibility index (Phi) is 6.14. The van der Waals surface area contributed by atoms with Gasteiger partial charge >= 0.3 is 11.8 Å². The fraction of sp³-hybridized carbons (Fsp3) is 0.375. The summed E-state index contributed by atoms with van der Waals surface area (Å²) in [4.78, 5) is 31.4. The molecule has 0 bridgehead atoms. The molecular formula is C24H24F3N3O3. The standard InChI is InChI=1S/C24H24F3N3O3/c1-33-19-14-12-17(13-15-19)21(31)29-23(24(25,26)27)22(32)30(18-10-6-3-7-11-18)20(28-23)16-8-4-2-5-9-16/h2,4-5,8-9,12-15,18H,3,6-7,10-11H2,1H3,(H,29,31). The molecule has 4 rings (SSSR count). The Morgan fingerprint density at radius 2 is 1.70 bits per heavy atom. The molecule has 2 amide bonds. The molecule has 1 fully saturated rings. The number of halogens is 3. The zero-order valence-electron chi connectivity index (χ0n) is 18.1. The Morgan fingerprint density at radius 1 is 1.06 bits per heavy atom. The van der Waals surface area contributed by atoms with Crippen molar-refractivity contribution < 1.29 is 27.5 Å². The molecule has 2 aromatic rings. The average molecular weight is 459 g/mol. The first kappa shape index (κ1) is 22.8. The van der Waals surface area contributed by atoms with Crippen LogP contribution in [0.4, 0.5) is 13.2 Å². The second kappa shape index (κ2) is 8.88. The highest BCUT2D eigenvalue weighted by molar-refractivity contribution is 6.17. The summed E-state index contributed by atoms with van der Waals surface area (Å²) in [6.07, 6.45) is -1.39.